The van der Waals surface area contributed by atoms with Crippen LogP contribution in [0.2, 0.25) is 5.02 Å². The van der Waals surface area contributed by atoms with Gasteiger partial charge in [0.1, 0.15) is 0 Å². The summed E-state index contributed by atoms with van der Waals surface area (Å²) in [5.74, 6) is 0.0935. The number of rotatable bonds is 5. The number of nitrogens with two attached hydrogens (primary N) is 1. The number of benzene rings is 1. The Kier molecular flexibility index (Phi) is 5.44. The Morgan fingerprint density at radius 2 is 2.11 bits per heavy atom. The summed E-state index contributed by atoms with van der Waals surface area (Å²) in [6, 6.07) is 5.24. The van der Waals surface area contributed by atoms with Gasteiger partial charge in [0.25, 0.3) is 0 Å². The zero-order valence-corrected chi connectivity index (χ0v) is 11.6. The molecule has 0 heterocycles. The number of para-hydroxylation sites is 1. The molecule has 18 heavy (non-hydrogen) atoms. The summed E-state index contributed by atoms with van der Waals surface area (Å²) < 4.78 is 5.61. The monoisotopic (exact) mass is 270 g/mol. The van der Waals surface area contributed by atoms with Gasteiger partial charge in [0, 0.05) is 12.5 Å². The second-order valence-corrected chi connectivity index (χ2v) is 4.82. The van der Waals surface area contributed by atoms with Gasteiger partial charge in [0.2, 0.25) is 5.91 Å². The Morgan fingerprint density at radius 1 is 1.44 bits per heavy atom. The Hall–Kier alpha value is -1.26. The topological polar surface area (TPSA) is 64.3 Å². The summed E-state index contributed by atoms with van der Waals surface area (Å²) in [5.41, 5.74) is 6.03. The van der Waals surface area contributed by atoms with E-state index in [1.54, 1.807) is 25.1 Å². The molecule has 0 saturated carbocycles. The van der Waals surface area contributed by atoms with Crippen LogP contribution in [0.4, 0.5) is 5.69 Å². The molecule has 3 N–H and O–H groups in total. The first kappa shape index (κ1) is 14.8. The fraction of sp³-hybridized carbons (Fsp3) is 0.462. The van der Waals surface area contributed by atoms with E-state index in [0.717, 1.165) is 0 Å². The smallest absolute Gasteiger partial charge is 0.228 e. The molecule has 4 nitrogen and oxygen atoms in total. The molecule has 1 rings (SSSR count). The van der Waals surface area contributed by atoms with Gasteiger partial charge < -0.3 is 15.8 Å². The number of hydrogen-bond acceptors (Lipinski definition) is 3. The maximum Gasteiger partial charge on any atom is 0.228 e. The van der Waals surface area contributed by atoms with Crippen molar-refractivity contribution < 1.29 is 9.53 Å². The third kappa shape index (κ3) is 3.89. The molecule has 1 atom stereocenters. The number of halogens is 1. The molecular formula is C13H19ClN2O2. The highest BCUT2D eigenvalue weighted by molar-refractivity contribution is 6.32. The molecular weight excluding hydrogens is 252 g/mol. The van der Waals surface area contributed by atoms with Crippen molar-refractivity contribution in [2.75, 3.05) is 11.9 Å². The number of anilines is 1. The van der Waals surface area contributed by atoms with Gasteiger partial charge in [-0.3, -0.25) is 4.79 Å². The Balaban J connectivity index is 2.94. The molecule has 0 saturated heterocycles. The van der Waals surface area contributed by atoms with E-state index in [1.807, 2.05) is 13.8 Å². The van der Waals surface area contributed by atoms with E-state index in [1.165, 1.54) is 0 Å². The van der Waals surface area contributed by atoms with E-state index in [0.29, 0.717) is 23.0 Å². The van der Waals surface area contributed by atoms with Crippen LogP contribution in [-0.2, 0) is 4.79 Å². The molecule has 0 fully saturated rings. The van der Waals surface area contributed by atoms with Crippen molar-refractivity contribution in [3.63, 3.8) is 0 Å². The van der Waals surface area contributed by atoms with Gasteiger partial charge in [-0.25, -0.2) is 0 Å². The molecule has 5 heteroatoms. The average molecular weight is 271 g/mol. The molecule has 0 aliphatic carbocycles. The SMILES string of the molecule is CC(C)Oc1c(Cl)cccc1NC(=O)C(C)CN. The predicted molar refractivity (Wildman–Crippen MR) is 74.1 cm³/mol. The van der Waals surface area contributed by atoms with Gasteiger partial charge in [0.05, 0.1) is 16.8 Å². The van der Waals surface area contributed by atoms with Crippen molar-refractivity contribution >= 4 is 23.2 Å². The summed E-state index contributed by atoms with van der Waals surface area (Å²) in [7, 11) is 0. The number of ether oxygens (including phenoxy) is 1. The molecule has 0 spiro atoms. The van der Waals surface area contributed by atoms with E-state index in [4.69, 9.17) is 22.1 Å². The third-order valence-electron chi connectivity index (χ3n) is 2.38. The number of amides is 1. The maximum atomic E-state index is 11.8. The van der Waals surface area contributed by atoms with Crippen LogP contribution in [0.5, 0.6) is 5.75 Å². The highest BCUT2D eigenvalue weighted by atomic mass is 35.5. The highest BCUT2D eigenvalue weighted by Gasteiger charge is 2.16. The molecule has 0 bridgehead atoms. The maximum absolute atomic E-state index is 11.8. The highest BCUT2D eigenvalue weighted by Crippen LogP contribution is 2.33. The van der Waals surface area contributed by atoms with Crippen LogP contribution in [0.1, 0.15) is 20.8 Å². The third-order valence-corrected chi connectivity index (χ3v) is 2.68. The van der Waals surface area contributed by atoms with Crippen molar-refractivity contribution in [1.82, 2.24) is 0 Å². The molecule has 0 aromatic heterocycles. The summed E-state index contributed by atoms with van der Waals surface area (Å²) in [6.07, 6.45) is -0.0208. The van der Waals surface area contributed by atoms with Crippen LogP contribution < -0.4 is 15.8 Å². The normalized spacial score (nSPS) is 12.3. The van der Waals surface area contributed by atoms with Crippen molar-refractivity contribution in [2.45, 2.75) is 26.9 Å². The molecule has 100 valence electrons. The van der Waals surface area contributed by atoms with Gasteiger partial charge in [-0.15, -0.1) is 0 Å². The summed E-state index contributed by atoms with van der Waals surface area (Å²) in [5, 5.41) is 3.25. The van der Waals surface area contributed by atoms with E-state index in [2.05, 4.69) is 5.32 Å². The minimum atomic E-state index is -0.254. The first-order valence-corrected chi connectivity index (χ1v) is 6.29. The van der Waals surface area contributed by atoms with Crippen LogP contribution in [0.25, 0.3) is 0 Å². The van der Waals surface area contributed by atoms with Crippen molar-refractivity contribution in [3.8, 4) is 5.75 Å². The van der Waals surface area contributed by atoms with Crippen molar-refractivity contribution in [1.29, 1.82) is 0 Å². The van der Waals surface area contributed by atoms with Crippen LogP contribution in [0.3, 0.4) is 0 Å². The zero-order valence-electron chi connectivity index (χ0n) is 10.9. The van der Waals surface area contributed by atoms with Crippen LogP contribution in [0, 0.1) is 5.92 Å². The molecule has 1 unspecified atom stereocenters. The Labute approximate surface area is 112 Å². The van der Waals surface area contributed by atoms with Crippen LogP contribution >= 0.6 is 11.6 Å². The average Bonchev–Trinajstić information content (AvgIpc) is 2.32. The van der Waals surface area contributed by atoms with Gasteiger partial charge >= 0.3 is 0 Å². The van der Waals surface area contributed by atoms with Gasteiger partial charge in [-0.05, 0) is 26.0 Å². The van der Waals surface area contributed by atoms with Crippen molar-refractivity contribution in [2.24, 2.45) is 11.7 Å². The summed E-state index contributed by atoms with van der Waals surface area (Å²) in [6.45, 7) is 5.87. The van der Waals surface area contributed by atoms with Gasteiger partial charge in [-0.1, -0.05) is 24.6 Å². The molecule has 1 aromatic carbocycles. The minimum Gasteiger partial charge on any atom is -0.487 e. The minimum absolute atomic E-state index is 0.0208. The largest absolute Gasteiger partial charge is 0.487 e. The number of nitrogens with one attached hydrogen (secondary N) is 1. The van der Waals surface area contributed by atoms with E-state index in [9.17, 15) is 4.79 Å². The quantitative estimate of drug-likeness (QED) is 0.865. The fourth-order valence-corrected chi connectivity index (χ4v) is 1.54. The number of hydrogen-bond donors (Lipinski definition) is 2. The number of carbonyl (C=O) groups is 1. The lowest BCUT2D eigenvalue weighted by Gasteiger charge is -2.17. The molecule has 1 amide bonds. The van der Waals surface area contributed by atoms with Crippen LogP contribution in [0.15, 0.2) is 18.2 Å². The van der Waals surface area contributed by atoms with Gasteiger partial charge in [0.15, 0.2) is 5.75 Å². The second kappa shape index (κ2) is 6.61. The Bertz CT molecular complexity index is 421. The molecule has 0 aliphatic rings. The lowest BCUT2D eigenvalue weighted by atomic mass is 10.1. The molecule has 0 aliphatic heterocycles. The van der Waals surface area contributed by atoms with E-state index >= 15 is 0 Å². The Morgan fingerprint density at radius 3 is 2.67 bits per heavy atom. The summed E-state index contributed by atoms with van der Waals surface area (Å²) >= 11 is 6.07. The lowest BCUT2D eigenvalue weighted by Crippen LogP contribution is -2.27. The number of carbonyl (C=O) groups excluding carboxylic acids is 1. The first-order chi connectivity index (χ1) is 8.45. The van der Waals surface area contributed by atoms with Crippen LogP contribution in [-0.4, -0.2) is 18.6 Å². The van der Waals surface area contributed by atoms with Gasteiger partial charge in [-0.2, -0.15) is 0 Å². The zero-order chi connectivity index (χ0) is 13.7. The van der Waals surface area contributed by atoms with E-state index in [-0.39, 0.29) is 17.9 Å². The van der Waals surface area contributed by atoms with E-state index < -0.39 is 0 Å². The van der Waals surface area contributed by atoms with Crippen molar-refractivity contribution in [3.05, 3.63) is 23.2 Å². The fourth-order valence-electron chi connectivity index (χ4n) is 1.33. The predicted octanol–water partition coefficient (Wildman–Crippen LogP) is 2.66. The summed E-state index contributed by atoms with van der Waals surface area (Å²) in [4.78, 5) is 11.8. The molecule has 0 radical (unpaired) electrons. The standard InChI is InChI=1S/C13H19ClN2O2/c1-8(2)18-12-10(14)5-4-6-11(12)16-13(17)9(3)7-15/h4-6,8-9H,7,15H2,1-3H3,(H,16,17). The first-order valence-electron chi connectivity index (χ1n) is 5.91. The lowest BCUT2D eigenvalue weighted by molar-refractivity contribution is -0.119. The molecule has 1 aromatic rings. The second-order valence-electron chi connectivity index (χ2n) is 4.41.